The highest BCUT2D eigenvalue weighted by atomic mass is 35.5. The number of rotatable bonds is 7. The summed E-state index contributed by atoms with van der Waals surface area (Å²) >= 11 is 7.40. The number of nitrogens with one attached hydrogen (secondary N) is 3. The predicted molar refractivity (Wildman–Crippen MR) is 123 cm³/mol. The van der Waals surface area contributed by atoms with Crippen molar-refractivity contribution in [1.29, 1.82) is 0 Å². The normalized spacial score (nSPS) is 11.6. The van der Waals surface area contributed by atoms with E-state index in [2.05, 4.69) is 20.9 Å². The predicted octanol–water partition coefficient (Wildman–Crippen LogP) is 4.44. The SMILES string of the molecule is CC(C)C(NC(=O)c1ccccc1Cl)C(=O)Nc1ccc(C(=O)Nc2nccs2)cc1. The van der Waals surface area contributed by atoms with E-state index in [1.165, 1.54) is 11.3 Å². The molecule has 1 atom stereocenters. The number of thiazole rings is 1. The van der Waals surface area contributed by atoms with Crippen molar-refractivity contribution in [3.8, 4) is 0 Å². The van der Waals surface area contributed by atoms with Gasteiger partial charge in [0.05, 0.1) is 10.6 Å². The Morgan fingerprint density at radius 3 is 2.29 bits per heavy atom. The lowest BCUT2D eigenvalue weighted by Crippen LogP contribution is -2.47. The van der Waals surface area contributed by atoms with Gasteiger partial charge in [-0.2, -0.15) is 0 Å². The Labute approximate surface area is 188 Å². The van der Waals surface area contributed by atoms with Crippen molar-refractivity contribution < 1.29 is 14.4 Å². The fourth-order valence-corrected chi connectivity index (χ4v) is 3.52. The van der Waals surface area contributed by atoms with Gasteiger partial charge in [-0.05, 0) is 42.3 Å². The molecule has 0 saturated carbocycles. The third kappa shape index (κ3) is 5.90. The smallest absolute Gasteiger partial charge is 0.257 e. The monoisotopic (exact) mass is 456 g/mol. The first-order chi connectivity index (χ1) is 14.8. The van der Waals surface area contributed by atoms with Crippen LogP contribution in [0, 0.1) is 5.92 Å². The quantitative estimate of drug-likeness (QED) is 0.489. The number of amides is 3. The lowest BCUT2D eigenvalue weighted by Gasteiger charge is -2.22. The Morgan fingerprint density at radius 2 is 1.68 bits per heavy atom. The number of carbonyl (C=O) groups is 3. The minimum atomic E-state index is -0.767. The van der Waals surface area contributed by atoms with E-state index in [9.17, 15) is 14.4 Å². The van der Waals surface area contributed by atoms with Crippen molar-refractivity contribution in [2.45, 2.75) is 19.9 Å². The minimum Gasteiger partial charge on any atom is -0.340 e. The Kier molecular flexibility index (Phi) is 7.38. The molecule has 0 fully saturated rings. The van der Waals surface area contributed by atoms with Gasteiger partial charge in [0.15, 0.2) is 5.13 Å². The van der Waals surface area contributed by atoms with Gasteiger partial charge >= 0.3 is 0 Å². The van der Waals surface area contributed by atoms with E-state index in [1.807, 2.05) is 13.8 Å². The van der Waals surface area contributed by atoms with E-state index in [0.29, 0.717) is 27.0 Å². The first-order valence-electron chi connectivity index (χ1n) is 9.52. The van der Waals surface area contributed by atoms with Gasteiger partial charge in [-0.15, -0.1) is 11.3 Å². The van der Waals surface area contributed by atoms with Crippen LogP contribution in [0.4, 0.5) is 10.8 Å². The Bertz CT molecular complexity index is 1070. The molecule has 0 spiro atoms. The number of anilines is 2. The van der Waals surface area contributed by atoms with Crippen LogP contribution in [0.1, 0.15) is 34.6 Å². The van der Waals surface area contributed by atoms with Gasteiger partial charge in [-0.1, -0.05) is 37.6 Å². The number of hydrogen-bond acceptors (Lipinski definition) is 5. The van der Waals surface area contributed by atoms with Crippen LogP contribution in [-0.4, -0.2) is 28.7 Å². The molecule has 0 aliphatic carbocycles. The summed E-state index contributed by atoms with van der Waals surface area (Å²) in [6.07, 6.45) is 1.61. The van der Waals surface area contributed by atoms with Gasteiger partial charge in [-0.3, -0.25) is 19.7 Å². The summed E-state index contributed by atoms with van der Waals surface area (Å²) in [5.74, 6) is -1.24. The maximum Gasteiger partial charge on any atom is 0.257 e. The number of aromatic nitrogens is 1. The van der Waals surface area contributed by atoms with Crippen LogP contribution in [-0.2, 0) is 4.79 Å². The molecule has 3 aromatic rings. The third-order valence-electron chi connectivity index (χ3n) is 4.42. The molecular formula is C22H21ClN4O3S. The molecule has 0 radical (unpaired) electrons. The molecule has 7 nitrogen and oxygen atoms in total. The second-order valence-electron chi connectivity index (χ2n) is 7.03. The van der Waals surface area contributed by atoms with Gasteiger partial charge in [0.1, 0.15) is 6.04 Å². The van der Waals surface area contributed by atoms with Crippen LogP contribution in [0.5, 0.6) is 0 Å². The Balaban J connectivity index is 1.64. The van der Waals surface area contributed by atoms with Crippen LogP contribution in [0.3, 0.4) is 0 Å². The summed E-state index contributed by atoms with van der Waals surface area (Å²) in [7, 11) is 0. The topological polar surface area (TPSA) is 100 Å². The van der Waals surface area contributed by atoms with Gasteiger partial charge in [0, 0.05) is 22.8 Å². The van der Waals surface area contributed by atoms with Crippen molar-refractivity contribution in [3.05, 3.63) is 76.3 Å². The van der Waals surface area contributed by atoms with E-state index in [1.54, 1.807) is 60.1 Å². The summed E-state index contributed by atoms with van der Waals surface area (Å²) < 4.78 is 0. The molecular weight excluding hydrogens is 436 g/mol. The molecule has 2 aromatic carbocycles. The van der Waals surface area contributed by atoms with Crippen LogP contribution >= 0.6 is 22.9 Å². The number of hydrogen-bond donors (Lipinski definition) is 3. The van der Waals surface area contributed by atoms with E-state index in [0.717, 1.165) is 0 Å². The Morgan fingerprint density at radius 1 is 0.968 bits per heavy atom. The molecule has 3 N–H and O–H groups in total. The first kappa shape index (κ1) is 22.5. The molecule has 3 rings (SSSR count). The molecule has 0 saturated heterocycles. The van der Waals surface area contributed by atoms with Crippen molar-refractivity contribution in [2.24, 2.45) is 5.92 Å². The highest BCUT2D eigenvalue weighted by Crippen LogP contribution is 2.17. The zero-order valence-corrected chi connectivity index (χ0v) is 18.5. The van der Waals surface area contributed by atoms with E-state index in [4.69, 9.17) is 11.6 Å². The number of halogens is 1. The molecule has 3 amide bonds. The Hall–Kier alpha value is -3.23. The van der Waals surface area contributed by atoms with E-state index >= 15 is 0 Å². The van der Waals surface area contributed by atoms with Crippen molar-refractivity contribution >= 4 is 51.5 Å². The highest BCUT2D eigenvalue weighted by molar-refractivity contribution is 7.13. The van der Waals surface area contributed by atoms with Crippen LogP contribution in [0.25, 0.3) is 0 Å². The summed E-state index contributed by atoms with van der Waals surface area (Å²) in [5.41, 5.74) is 1.24. The molecule has 0 aliphatic rings. The number of benzene rings is 2. The summed E-state index contributed by atoms with van der Waals surface area (Å²) in [4.78, 5) is 41.6. The number of nitrogens with zero attached hydrogens (tertiary/aromatic N) is 1. The van der Waals surface area contributed by atoms with Crippen molar-refractivity contribution in [3.63, 3.8) is 0 Å². The molecule has 160 valence electrons. The van der Waals surface area contributed by atoms with Gasteiger partial charge in [0.25, 0.3) is 11.8 Å². The average molecular weight is 457 g/mol. The van der Waals surface area contributed by atoms with Gasteiger partial charge < -0.3 is 10.6 Å². The molecule has 31 heavy (non-hydrogen) atoms. The zero-order chi connectivity index (χ0) is 22.4. The summed E-state index contributed by atoms with van der Waals surface area (Å²) in [5, 5.41) is 10.8. The standard InChI is InChI=1S/C22H21ClN4O3S/c1-13(2)18(26-20(29)16-5-3-4-6-17(16)23)21(30)25-15-9-7-14(8-10-15)19(28)27-22-24-11-12-31-22/h3-13,18H,1-2H3,(H,25,30)(H,26,29)(H,24,27,28). The molecule has 0 bridgehead atoms. The fourth-order valence-electron chi connectivity index (χ4n) is 2.78. The fraction of sp³-hybridized carbons (Fsp3) is 0.182. The van der Waals surface area contributed by atoms with Gasteiger partial charge in [-0.25, -0.2) is 4.98 Å². The molecule has 1 unspecified atom stereocenters. The van der Waals surface area contributed by atoms with Crippen LogP contribution in [0.2, 0.25) is 5.02 Å². The highest BCUT2D eigenvalue weighted by Gasteiger charge is 2.25. The molecule has 0 aliphatic heterocycles. The van der Waals surface area contributed by atoms with Gasteiger partial charge in [0.2, 0.25) is 5.91 Å². The largest absolute Gasteiger partial charge is 0.340 e. The lowest BCUT2D eigenvalue weighted by atomic mass is 10.0. The van der Waals surface area contributed by atoms with Crippen molar-refractivity contribution in [2.75, 3.05) is 10.6 Å². The van der Waals surface area contributed by atoms with Crippen LogP contribution < -0.4 is 16.0 Å². The van der Waals surface area contributed by atoms with Crippen molar-refractivity contribution in [1.82, 2.24) is 10.3 Å². The summed E-state index contributed by atoms with van der Waals surface area (Å²) in [6.45, 7) is 3.67. The first-order valence-corrected chi connectivity index (χ1v) is 10.8. The maximum atomic E-state index is 12.8. The minimum absolute atomic E-state index is 0.158. The molecule has 1 aromatic heterocycles. The zero-order valence-electron chi connectivity index (χ0n) is 16.9. The van der Waals surface area contributed by atoms with E-state index in [-0.39, 0.29) is 17.7 Å². The molecule has 9 heteroatoms. The number of carbonyl (C=O) groups excluding carboxylic acids is 3. The second-order valence-corrected chi connectivity index (χ2v) is 8.33. The average Bonchev–Trinajstić information content (AvgIpc) is 3.25. The molecule has 1 heterocycles. The second kappa shape index (κ2) is 10.2. The van der Waals surface area contributed by atoms with Crippen LogP contribution in [0.15, 0.2) is 60.1 Å². The maximum absolute atomic E-state index is 12.8. The lowest BCUT2D eigenvalue weighted by molar-refractivity contribution is -0.118. The summed E-state index contributed by atoms with van der Waals surface area (Å²) in [6, 6.07) is 12.3. The third-order valence-corrected chi connectivity index (χ3v) is 5.44. The van der Waals surface area contributed by atoms with E-state index < -0.39 is 11.9 Å².